The van der Waals surface area contributed by atoms with Gasteiger partial charge in [-0.3, -0.25) is 0 Å². The van der Waals surface area contributed by atoms with Gasteiger partial charge in [0.15, 0.2) is 0 Å². The summed E-state index contributed by atoms with van der Waals surface area (Å²) < 4.78 is 19.4. The van der Waals surface area contributed by atoms with Crippen LogP contribution in [0.5, 0.6) is 5.75 Å². The van der Waals surface area contributed by atoms with Gasteiger partial charge >= 0.3 is 0 Å². The Bertz CT molecular complexity index is 499. The van der Waals surface area contributed by atoms with Gasteiger partial charge in [-0.2, -0.15) is 0 Å². The lowest BCUT2D eigenvalue weighted by atomic mass is 10.0. The lowest BCUT2D eigenvalue weighted by Crippen LogP contribution is -2.22. The second-order valence-electron chi connectivity index (χ2n) is 3.86. The van der Waals surface area contributed by atoms with E-state index < -0.39 is 0 Å². The van der Waals surface area contributed by atoms with Crippen molar-refractivity contribution >= 4 is 11.3 Å². The fraction of sp³-hybridized carbons (Fsp3) is 0.286. The van der Waals surface area contributed by atoms with Crippen molar-refractivity contribution in [1.82, 2.24) is 5.32 Å². The molecule has 1 unspecified atom stereocenters. The molecule has 4 heteroatoms. The lowest BCUT2D eigenvalue weighted by Gasteiger charge is -2.20. The number of rotatable bonds is 5. The van der Waals surface area contributed by atoms with E-state index in [0.29, 0.717) is 11.3 Å². The molecule has 1 N–H and O–H groups in total. The van der Waals surface area contributed by atoms with Crippen molar-refractivity contribution in [2.24, 2.45) is 0 Å². The quantitative estimate of drug-likeness (QED) is 0.892. The van der Waals surface area contributed by atoms with E-state index in [9.17, 15) is 4.39 Å². The monoisotopic (exact) mass is 265 g/mol. The molecule has 0 amide bonds. The number of hydrogen-bond acceptors (Lipinski definition) is 3. The Morgan fingerprint density at radius 2 is 2.17 bits per heavy atom. The van der Waals surface area contributed by atoms with E-state index in [-0.39, 0.29) is 11.9 Å². The molecule has 0 aliphatic carbocycles. The summed E-state index contributed by atoms with van der Waals surface area (Å²) in [6.07, 6.45) is 0. The first-order valence-corrected chi connectivity index (χ1v) is 6.75. The van der Waals surface area contributed by atoms with Gasteiger partial charge in [0.1, 0.15) is 11.6 Å². The van der Waals surface area contributed by atoms with Crippen molar-refractivity contribution in [3.05, 3.63) is 52.0 Å². The fourth-order valence-electron chi connectivity index (χ4n) is 1.98. The minimum absolute atomic E-state index is 0.161. The molecule has 2 aromatic rings. The van der Waals surface area contributed by atoms with E-state index in [4.69, 9.17) is 4.74 Å². The van der Waals surface area contributed by atoms with E-state index in [2.05, 4.69) is 5.32 Å². The molecular weight excluding hydrogens is 249 g/mol. The van der Waals surface area contributed by atoms with Crippen molar-refractivity contribution in [3.8, 4) is 5.75 Å². The van der Waals surface area contributed by atoms with Gasteiger partial charge in [-0.05, 0) is 30.1 Å². The molecule has 1 heterocycles. The molecule has 18 heavy (non-hydrogen) atoms. The molecule has 1 atom stereocenters. The molecule has 0 spiro atoms. The number of halogens is 1. The van der Waals surface area contributed by atoms with Crippen LogP contribution in [0.3, 0.4) is 0 Å². The first kappa shape index (κ1) is 13.1. The van der Waals surface area contributed by atoms with Crippen molar-refractivity contribution < 1.29 is 9.13 Å². The van der Waals surface area contributed by atoms with Crippen molar-refractivity contribution in [3.63, 3.8) is 0 Å². The lowest BCUT2D eigenvalue weighted by molar-refractivity contribution is 0.398. The molecule has 96 valence electrons. The van der Waals surface area contributed by atoms with E-state index >= 15 is 0 Å². The zero-order chi connectivity index (χ0) is 13.0. The maximum atomic E-state index is 14.1. The van der Waals surface area contributed by atoms with Crippen LogP contribution >= 0.6 is 11.3 Å². The summed E-state index contributed by atoms with van der Waals surface area (Å²) >= 11 is 1.61. The molecular formula is C14H16FNOS. The second-order valence-corrected chi connectivity index (χ2v) is 4.84. The highest BCUT2D eigenvalue weighted by molar-refractivity contribution is 7.10. The topological polar surface area (TPSA) is 21.3 Å². The van der Waals surface area contributed by atoms with Gasteiger partial charge in [0, 0.05) is 4.88 Å². The van der Waals surface area contributed by atoms with Crippen molar-refractivity contribution in [1.29, 1.82) is 0 Å². The van der Waals surface area contributed by atoms with Crippen LogP contribution in [-0.2, 0) is 0 Å². The third kappa shape index (κ3) is 2.54. The van der Waals surface area contributed by atoms with Gasteiger partial charge in [-0.15, -0.1) is 11.3 Å². The minimum atomic E-state index is -0.242. The molecule has 0 radical (unpaired) electrons. The molecule has 2 rings (SSSR count). The first-order valence-electron chi connectivity index (χ1n) is 5.87. The summed E-state index contributed by atoms with van der Waals surface area (Å²) in [5.41, 5.74) is 0.573. The molecule has 0 bridgehead atoms. The summed E-state index contributed by atoms with van der Waals surface area (Å²) in [5, 5.41) is 5.30. The Labute approximate surface area is 110 Å². The van der Waals surface area contributed by atoms with Crippen LogP contribution in [0.2, 0.25) is 0 Å². The van der Waals surface area contributed by atoms with Gasteiger partial charge in [-0.25, -0.2) is 4.39 Å². The number of ether oxygens (including phenoxy) is 1. The SMILES string of the molecule is CCNC(c1cccs1)c1c(F)cccc1OC. The highest BCUT2D eigenvalue weighted by Gasteiger charge is 2.21. The van der Waals surface area contributed by atoms with E-state index in [1.807, 2.05) is 24.4 Å². The fourth-order valence-corrected chi connectivity index (χ4v) is 2.79. The molecule has 0 aliphatic heterocycles. The molecule has 2 nitrogen and oxygen atoms in total. The average Bonchev–Trinajstić information content (AvgIpc) is 2.90. The summed E-state index contributed by atoms with van der Waals surface area (Å²) in [5.74, 6) is 0.336. The molecule has 0 saturated heterocycles. The molecule has 0 saturated carbocycles. The van der Waals surface area contributed by atoms with Crippen LogP contribution in [0.25, 0.3) is 0 Å². The van der Waals surface area contributed by atoms with E-state index in [1.165, 1.54) is 6.07 Å². The predicted molar refractivity (Wildman–Crippen MR) is 72.8 cm³/mol. The van der Waals surface area contributed by atoms with Crippen molar-refractivity contribution in [2.75, 3.05) is 13.7 Å². The molecule has 0 fully saturated rings. The molecule has 1 aromatic carbocycles. The highest BCUT2D eigenvalue weighted by Crippen LogP contribution is 2.34. The number of methoxy groups -OCH3 is 1. The first-order chi connectivity index (χ1) is 8.77. The summed E-state index contributed by atoms with van der Waals surface area (Å²) in [6.45, 7) is 2.77. The smallest absolute Gasteiger partial charge is 0.132 e. The van der Waals surface area contributed by atoms with Crippen LogP contribution in [0.15, 0.2) is 35.7 Å². The van der Waals surface area contributed by atoms with Gasteiger partial charge < -0.3 is 10.1 Å². The summed E-state index contributed by atoms with van der Waals surface area (Å²) in [4.78, 5) is 1.08. The zero-order valence-electron chi connectivity index (χ0n) is 10.4. The van der Waals surface area contributed by atoms with Crippen LogP contribution in [0.1, 0.15) is 23.4 Å². The Hall–Kier alpha value is -1.39. The van der Waals surface area contributed by atoms with Gasteiger partial charge in [0.2, 0.25) is 0 Å². The summed E-state index contributed by atoms with van der Waals surface area (Å²) in [7, 11) is 1.57. The number of thiophene rings is 1. The number of hydrogen-bond donors (Lipinski definition) is 1. The van der Waals surface area contributed by atoms with Gasteiger partial charge in [0.05, 0.1) is 18.7 Å². The standard InChI is InChI=1S/C14H16FNOS/c1-3-16-14(12-8-5-9-18-12)13-10(15)6-4-7-11(13)17-2/h4-9,14,16H,3H2,1-2H3. The zero-order valence-corrected chi connectivity index (χ0v) is 11.3. The summed E-state index contributed by atoms with van der Waals surface area (Å²) in [6, 6.07) is 8.73. The number of nitrogens with one attached hydrogen (secondary N) is 1. The van der Waals surface area contributed by atoms with Gasteiger partial charge in [0.25, 0.3) is 0 Å². The van der Waals surface area contributed by atoms with Crippen molar-refractivity contribution in [2.45, 2.75) is 13.0 Å². The maximum absolute atomic E-state index is 14.1. The van der Waals surface area contributed by atoms with Gasteiger partial charge in [-0.1, -0.05) is 19.1 Å². The average molecular weight is 265 g/mol. The normalized spacial score (nSPS) is 12.4. The van der Waals surface area contributed by atoms with Crippen LogP contribution in [0.4, 0.5) is 4.39 Å². The van der Waals surface area contributed by atoms with E-state index in [1.54, 1.807) is 30.6 Å². The third-order valence-corrected chi connectivity index (χ3v) is 3.69. The predicted octanol–water partition coefficient (Wildman–Crippen LogP) is 3.59. The minimum Gasteiger partial charge on any atom is -0.496 e. The Balaban J connectivity index is 2.49. The van der Waals surface area contributed by atoms with Crippen LogP contribution in [-0.4, -0.2) is 13.7 Å². The van der Waals surface area contributed by atoms with Crippen LogP contribution < -0.4 is 10.1 Å². The second kappa shape index (κ2) is 5.98. The third-order valence-electron chi connectivity index (χ3n) is 2.76. The van der Waals surface area contributed by atoms with Crippen LogP contribution in [0, 0.1) is 5.82 Å². The number of benzene rings is 1. The highest BCUT2D eigenvalue weighted by atomic mass is 32.1. The Morgan fingerprint density at radius 1 is 1.33 bits per heavy atom. The molecule has 1 aromatic heterocycles. The largest absolute Gasteiger partial charge is 0.496 e. The molecule has 0 aliphatic rings. The maximum Gasteiger partial charge on any atom is 0.132 e. The Morgan fingerprint density at radius 3 is 2.78 bits per heavy atom. The van der Waals surface area contributed by atoms with E-state index in [0.717, 1.165) is 11.4 Å². The Kier molecular flexibility index (Phi) is 4.33.